The number of carbonyl (C=O) groups is 4. The second kappa shape index (κ2) is 11.4. The van der Waals surface area contributed by atoms with Crippen LogP contribution in [-0.2, 0) is 11.3 Å². The van der Waals surface area contributed by atoms with E-state index >= 15 is 0 Å². The van der Waals surface area contributed by atoms with Crippen LogP contribution in [0.5, 0.6) is 0 Å². The Labute approximate surface area is 216 Å². The molecular weight excluding hydrogens is 496 g/mol. The third-order valence-corrected chi connectivity index (χ3v) is 5.97. The largest absolute Gasteiger partial charge is 0.480 e. The molecule has 0 spiro atoms. The van der Waals surface area contributed by atoms with Gasteiger partial charge in [-0.05, 0) is 54.1 Å². The normalized spacial score (nSPS) is 11.5. The zero-order valence-electron chi connectivity index (χ0n) is 19.5. The molecule has 4 aromatic rings. The smallest absolute Gasteiger partial charge is 0.328 e. The first-order valence-electron chi connectivity index (χ1n) is 11.3. The van der Waals surface area contributed by atoms with Gasteiger partial charge in [-0.2, -0.15) is 0 Å². The SMILES string of the molecule is O=C(NCc1ccc(C(=O)NC(CNC(=O)c2ccccc2)C(=O)O)c(Cl)c1)c1ccc2[nH]ccc2c1. The number of halogens is 1. The van der Waals surface area contributed by atoms with Gasteiger partial charge in [0.15, 0.2) is 0 Å². The number of carboxylic acids is 1. The van der Waals surface area contributed by atoms with E-state index in [1.807, 2.05) is 12.1 Å². The van der Waals surface area contributed by atoms with Crippen molar-refractivity contribution in [1.29, 1.82) is 0 Å². The van der Waals surface area contributed by atoms with E-state index < -0.39 is 23.8 Å². The molecule has 5 N–H and O–H groups in total. The van der Waals surface area contributed by atoms with Crippen LogP contribution in [0.3, 0.4) is 0 Å². The molecule has 4 rings (SSSR count). The van der Waals surface area contributed by atoms with Crippen LogP contribution in [0.1, 0.15) is 36.6 Å². The number of aliphatic carboxylic acids is 1. The molecule has 37 heavy (non-hydrogen) atoms. The molecule has 0 saturated carbocycles. The van der Waals surface area contributed by atoms with E-state index in [9.17, 15) is 24.3 Å². The fourth-order valence-corrected chi connectivity index (χ4v) is 3.94. The third kappa shape index (κ3) is 6.33. The highest BCUT2D eigenvalue weighted by Crippen LogP contribution is 2.19. The standard InChI is InChI=1S/C27H23ClN4O5/c28-21-12-16(14-30-25(34)19-7-9-22-18(13-19)10-11-29-22)6-8-20(21)26(35)32-23(27(36)37)15-31-24(33)17-4-2-1-3-5-17/h1-13,23,29H,14-15H2,(H,30,34)(H,31,33)(H,32,35)(H,36,37). The van der Waals surface area contributed by atoms with Crippen LogP contribution >= 0.6 is 11.6 Å². The molecule has 1 atom stereocenters. The molecule has 0 saturated heterocycles. The minimum atomic E-state index is -1.37. The van der Waals surface area contributed by atoms with E-state index in [1.165, 1.54) is 12.1 Å². The van der Waals surface area contributed by atoms with E-state index in [2.05, 4.69) is 20.9 Å². The van der Waals surface area contributed by atoms with Gasteiger partial charge in [0.05, 0.1) is 10.6 Å². The lowest BCUT2D eigenvalue weighted by atomic mass is 10.1. The summed E-state index contributed by atoms with van der Waals surface area (Å²) in [6.07, 6.45) is 1.80. The molecule has 0 radical (unpaired) electrons. The van der Waals surface area contributed by atoms with E-state index in [-0.39, 0.29) is 29.6 Å². The molecule has 0 aliphatic rings. The van der Waals surface area contributed by atoms with Gasteiger partial charge in [0.25, 0.3) is 17.7 Å². The maximum absolute atomic E-state index is 12.7. The van der Waals surface area contributed by atoms with E-state index in [0.717, 1.165) is 10.9 Å². The second-order valence-corrected chi connectivity index (χ2v) is 8.62. The molecule has 0 fully saturated rings. The number of carbonyl (C=O) groups excluding carboxylic acids is 3. The average molecular weight is 519 g/mol. The van der Waals surface area contributed by atoms with Crippen molar-refractivity contribution in [2.75, 3.05) is 6.54 Å². The van der Waals surface area contributed by atoms with E-state index in [0.29, 0.717) is 16.7 Å². The molecule has 0 aliphatic heterocycles. The van der Waals surface area contributed by atoms with Crippen LogP contribution in [0, 0.1) is 0 Å². The number of benzene rings is 3. The topological polar surface area (TPSA) is 140 Å². The molecule has 0 aliphatic carbocycles. The van der Waals surface area contributed by atoms with Crippen LogP contribution < -0.4 is 16.0 Å². The summed E-state index contributed by atoms with van der Waals surface area (Å²) in [5.74, 6) is -2.74. The summed E-state index contributed by atoms with van der Waals surface area (Å²) in [5.41, 5.74) is 2.53. The van der Waals surface area contributed by atoms with Gasteiger partial charge in [-0.25, -0.2) is 4.79 Å². The van der Waals surface area contributed by atoms with Crippen LogP contribution in [0.25, 0.3) is 10.9 Å². The minimum Gasteiger partial charge on any atom is -0.480 e. The molecular formula is C27H23ClN4O5. The van der Waals surface area contributed by atoms with Crippen LogP contribution in [-0.4, -0.2) is 46.4 Å². The van der Waals surface area contributed by atoms with Gasteiger partial charge in [0.1, 0.15) is 6.04 Å². The first-order chi connectivity index (χ1) is 17.8. The highest BCUT2D eigenvalue weighted by Gasteiger charge is 2.23. The van der Waals surface area contributed by atoms with Crippen LogP contribution in [0.2, 0.25) is 5.02 Å². The Kier molecular flexibility index (Phi) is 7.85. The van der Waals surface area contributed by atoms with Crippen molar-refractivity contribution in [2.45, 2.75) is 12.6 Å². The van der Waals surface area contributed by atoms with Gasteiger partial charge < -0.3 is 26.0 Å². The molecule has 9 nitrogen and oxygen atoms in total. The molecule has 1 heterocycles. The Hall–Kier alpha value is -4.63. The lowest BCUT2D eigenvalue weighted by Crippen LogP contribution is -2.48. The number of aromatic nitrogens is 1. The van der Waals surface area contributed by atoms with Crippen molar-refractivity contribution in [1.82, 2.24) is 20.9 Å². The number of nitrogens with one attached hydrogen (secondary N) is 4. The van der Waals surface area contributed by atoms with Crippen molar-refractivity contribution >= 4 is 46.2 Å². The first kappa shape index (κ1) is 25.5. The fraction of sp³-hybridized carbons (Fsp3) is 0.111. The second-order valence-electron chi connectivity index (χ2n) is 8.22. The fourth-order valence-electron chi connectivity index (χ4n) is 3.65. The number of aromatic amines is 1. The summed E-state index contributed by atoms with van der Waals surface area (Å²) in [6, 6.07) is 18.7. The number of rotatable bonds is 9. The highest BCUT2D eigenvalue weighted by molar-refractivity contribution is 6.34. The molecule has 3 amide bonds. The van der Waals surface area contributed by atoms with E-state index in [4.69, 9.17) is 11.6 Å². The summed E-state index contributed by atoms with van der Waals surface area (Å²) in [6.45, 7) is -0.139. The summed E-state index contributed by atoms with van der Waals surface area (Å²) in [5, 5.41) is 18.2. The Morgan fingerprint density at radius 3 is 2.32 bits per heavy atom. The number of H-pyrrole nitrogens is 1. The number of hydrogen-bond acceptors (Lipinski definition) is 4. The first-order valence-corrected chi connectivity index (χ1v) is 11.7. The highest BCUT2D eigenvalue weighted by atomic mass is 35.5. The summed E-state index contributed by atoms with van der Waals surface area (Å²) < 4.78 is 0. The number of hydrogen-bond donors (Lipinski definition) is 5. The quantitative estimate of drug-likeness (QED) is 0.231. The predicted molar refractivity (Wildman–Crippen MR) is 139 cm³/mol. The summed E-state index contributed by atoms with van der Waals surface area (Å²) in [7, 11) is 0. The van der Waals surface area contributed by atoms with Crippen LogP contribution in [0.15, 0.2) is 79.0 Å². The number of fused-ring (bicyclic) bond motifs is 1. The lowest BCUT2D eigenvalue weighted by molar-refractivity contribution is -0.139. The van der Waals surface area contributed by atoms with Gasteiger partial charge in [-0.3, -0.25) is 14.4 Å². The third-order valence-electron chi connectivity index (χ3n) is 5.65. The summed E-state index contributed by atoms with van der Waals surface area (Å²) >= 11 is 6.29. The Morgan fingerprint density at radius 2 is 1.59 bits per heavy atom. The van der Waals surface area contributed by atoms with Gasteiger partial charge in [0, 0.05) is 41.3 Å². The zero-order chi connectivity index (χ0) is 26.4. The zero-order valence-corrected chi connectivity index (χ0v) is 20.2. The minimum absolute atomic E-state index is 0.0651. The Bertz CT molecular complexity index is 1470. The Balaban J connectivity index is 1.34. The van der Waals surface area contributed by atoms with Gasteiger partial charge in [-0.1, -0.05) is 35.9 Å². The average Bonchev–Trinajstić information content (AvgIpc) is 3.37. The maximum Gasteiger partial charge on any atom is 0.328 e. The van der Waals surface area contributed by atoms with Gasteiger partial charge >= 0.3 is 5.97 Å². The van der Waals surface area contributed by atoms with Crippen molar-refractivity contribution in [3.63, 3.8) is 0 Å². The van der Waals surface area contributed by atoms with Gasteiger partial charge in [0.2, 0.25) is 0 Å². The molecule has 1 aromatic heterocycles. The Morgan fingerprint density at radius 1 is 0.838 bits per heavy atom. The van der Waals surface area contributed by atoms with E-state index in [1.54, 1.807) is 54.7 Å². The summed E-state index contributed by atoms with van der Waals surface area (Å²) in [4.78, 5) is 52.1. The lowest BCUT2D eigenvalue weighted by Gasteiger charge is -2.16. The number of carboxylic acid groups (broad SMARTS) is 1. The van der Waals surface area contributed by atoms with Crippen molar-refractivity contribution in [2.24, 2.45) is 0 Å². The molecule has 3 aromatic carbocycles. The molecule has 1 unspecified atom stereocenters. The molecule has 188 valence electrons. The maximum atomic E-state index is 12.7. The molecule has 0 bridgehead atoms. The van der Waals surface area contributed by atoms with Crippen LogP contribution in [0.4, 0.5) is 0 Å². The van der Waals surface area contributed by atoms with Crippen molar-refractivity contribution in [3.8, 4) is 0 Å². The van der Waals surface area contributed by atoms with Crippen molar-refractivity contribution < 1.29 is 24.3 Å². The molecule has 10 heteroatoms. The van der Waals surface area contributed by atoms with Gasteiger partial charge in [-0.15, -0.1) is 0 Å². The predicted octanol–water partition coefficient (Wildman–Crippen LogP) is 3.36. The van der Waals surface area contributed by atoms with Crippen molar-refractivity contribution in [3.05, 3.63) is 106 Å². The monoisotopic (exact) mass is 518 g/mol. The number of amides is 3.